The molecule has 3 aromatic rings. The van der Waals surface area contributed by atoms with Gasteiger partial charge in [0.1, 0.15) is 11.4 Å². The molecule has 2 aromatic carbocycles. The Balaban J connectivity index is 1.82. The van der Waals surface area contributed by atoms with E-state index < -0.39 is 0 Å². The van der Waals surface area contributed by atoms with E-state index in [4.69, 9.17) is 5.10 Å². The highest BCUT2D eigenvalue weighted by Gasteiger charge is 2.23. The van der Waals surface area contributed by atoms with Gasteiger partial charge in [0.15, 0.2) is 0 Å². The molecule has 0 bridgehead atoms. The van der Waals surface area contributed by atoms with Gasteiger partial charge in [0.2, 0.25) is 0 Å². The van der Waals surface area contributed by atoms with Crippen molar-refractivity contribution in [1.82, 2.24) is 9.78 Å². The summed E-state index contributed by atoms with van der Waals surface area (Å²) < 4.78 is 2.30. The summed E-state index contributed by atoms with van der Waals surface area (Å²) in [4.78, 5) is 0. The number of rotatable bonds is 7. The van der Waals surface area contributed by atoms with Crippen LogP contribution in [-0.4, -0.2) is 14.9 Å². The van der Waals surface area contributed by atoms with Crippen LogP contribution in [0.25, 0.3) is 28.2 Å². The van der Waals surface area contributed by atoms with Gasteiger partial charge in [-0.25, -0.2) is 0 Å². The Labute approximate surface area is 174 Å². The standard InChI is InChI=1S/C26H32N2O/c1-3-4-5-6-7-11-20-12-10-15-24-25(23-17-16-22(29)18-19(23)2)27-28(26(20)24)21-13-8-9-14-21/h7,10-12,15-18,21,29H,3-6,8-9,13-14H2,1-2H3. The minimum atomic E-state index is 0.307. The van der Waals surface area contributed by atoms with Gasteiger partial charge in [-0.15, -0.1) is 0 Å². The first-order chi connectivity index (χ1) is 14.2. The molecule has 1 fully saturated rings. The number of para-hydroxylation sites is 1. The lowest BCUT2D eigenvalue weighted by molar-refractivity contribution is 0.475. The van der Waals surface area contributed by atoms with Crippen molar-refractivity contribution in [3.63, 3.8) is 0 Å². The second-order valence-electron chi connectivity index (χ2n) is 8.37. The van der Waals surface area contributed by atoms with Gasteiger partial charge in [-0.3, -0.25) is 4.68 Å². The molecule has 0 amide bonds. The molecule has 0 atom stereocenters. The maximum absolute atomic E-state index is 9.84. The predicted octanol–water partition coefficient (Wildman–Crippen LogP) is 7.43. The van der Waals surface area contributed by atoms with Crippen LogP contribution < -0.4 is 0 Å². The number of hydrogen-bond donors (Lipinski definition) is 1. The second-order valence-corrected chi connectivity index (χ2v) is 8.37. The zero-order valence-corrected chi connectivity index (χ0v) is 17.7. The lowest BCUT2D eigenvalue weighted by Gasteiger charge is -2.12. The quantitative estimate of drug-likeness (QED) is 0.427. The number of aromatic nitrogens is 2. The average molecular weight is 389 g/mol. The van der Waals surface area contributed by atoms with Gasteiger partial charge < -0.3 is 5.11 Å². The van der Waals surface area contributed by atoms with E-state index in [1.54, 1.807) is 6.07 Å². The highest BCUT2D eigenvalue weighted by atomic mass is 16.3. The molecule has 152 valence electrons. The number of allylic oxidation sites excluding steroid dienone is 1. The Morgan fingerprint density at radius 2 is 1.97 bits per heavy atom. The molecule has 1 aromatic heterocycles. The van der Waals surface area contributed by atoms with Gasteiger partial charge in [-0.05, 0) is 56.4 Å². The predicted molar refractivity (Wildman–Crippen MR) is 122 cm³/mol. The molecule has 1 heterocycles. The first-order valence-corrected chi connectivity index (χ1v) is 11.2. The third kappa shape index (κ3) is 4.10. The lowest BCUT2D eigenvalue weighted by Crippen LogP contribution is -2.07. The minimum absolute atomic E-state index is 0.307. The number of hydrogen-bond acceptors (Lipinski definition) is 2. The smallest absolute Gasteiger partial charge is 0.115 e. The Morgan fingerprint density at radius 1 is 1.14 bits per heavy atom. The molecular weight excluding hydrogens is 356 g/mol. The Kier molecular flexibility index (Phi) is 6.03. The summed E-state index contributed by atoms with van der Waals surface area (Å²) in [5.41, 5.74) is 5.72. The number of benzene rings is 2. The van der Waals surface area contributed by atoms with E-state index in [0.29, 0.717) is 11.8 Å². The van der Waals surface area contributed by atoms with Gasteiger partial charge in [-0.2, -0.15) is 5.10 Å². The first kappa shape index (κ1) is 19.8. The van der Waals surface area contributed by atoms with E-state index >= 15 is 0 Å². The van der Waals surface area contributed by atoms with Crippen molar-refractivity contribution < 1.29 is 5.11 Å². The van der Waals surface area contributed by atoms with E-state index in [2.05, 4.69) is 42.0 Å². The topological polar surface area (TPSA) is 38.1 Å². The van der Waals surface area contributed by atoms with Crippen LogP contribution in [0.15, 0.2) is 42.5 Å². The Hall–Kier alpha value is -2.55. The molecule has 1 N–H and O–H groups in total. The van der Waals surface area contributed by atoms with Gasteiger partial charge in [0.05, 0.1) is 11.6 Å². The summed E-state index contributed by atoms with van der Waals surface area (Å²) in [5, 5.41) is 16.2. The summed E-state index contributed by atoms with van der Waals surface area (Å²) in [6.45, 7) is 4.30. The van der Waals surface area contributed by atoms with Crippen LogP contribution in [0.2, 0.25) is 0 Å². The summed E-state index contributed by atoms with van der Waals surface area (Å²) in [6.07, 6.45) is 14.5. The summed E-state index contributed by atoms with van der Waals surface area (Å²) in [6, 6.07) is 12.6. The molecule has 0 radical (unpaired) electrons. The number of aromatic hydroxyl groups is 1. The average Bonchev–Trinajstić information content (AvgIpc) is 3.36. The van der Waals surface area contributed by atoms with E-state index in [-0.39, 0.29) is 0 Å². The Bertz CT molecular complexity index is 1010. The largest absolute Gasteiger partial charge is 0.508 e. The van der Waals surface area contributed by atoms with Crippen LogP contribution in [0, 0.1) is 6.92 Å². The number of aryl methyl sites for hydroxylation is 1. The third-order valence-electron chi connectivity index (χ3n) is 6.17. The number of phenolic OH excluding ortho intramolecular Hbond substituents is 1. The zero-order chi connectivity index (χ0) is 20.2. The fourth-order valence-electron chi connectivity index (χ4n) is 4.60. The van der Waals surface area contributed by atoms with Crippen LogP contribution in [0.1, 0.15) is 75.5 Å². The third-order valence-corrected chi connectivity index (χ3v) is 6.17. The molecule has 3 nitrogen and oxygen atoms in total. The van der Waals surface area contributed by atoms with E-state index in [9.17, 15) is 5.11 Å². The van der Waals surface area contributed by atoms with Crippen LogP contribution in [-0.2, 0) is 0 Å². The molecule has 1 aliphatic rings. The maximum atomic E-state index is 9.84. The Morgan fingerprint density at radius 3 is 2.72 bits per heavy atom. The fraction of sp³-hybridized carbons (Fsp3) is 0.423. The van der Waals surface area contributed by atoms with Gasteiger partial charge in [-0.1, -0.05) is 63.0 Å². The maximum Gasteiger partial charge on any atom is 0.115 e. The normalized spacial score (nSPS) is 15.1. The van der Waals surface area contributed by atoms with E-state index in [0.717, 1.165) is 23.2 Å². The SMILES string of the molecule is CCCCCC=Cc1cccc2c(-c3ccc(O)cc3C)nn(C3CCCC3)c12. The van der Waals surface area contributed by atoms with Gasteiger partial charge in [0.25, 0.3) is 0 Å². The van der Waals surface area contributed by atoms with Crippen molar-refractivity contribution in [2.75, 3.05) is 0 Å². The fourth-order valence-corrected chi connectivity index (χ4v) is 4.60. The molecule has 0 aliphatic heterocycles. The summed E-state index contributed by atoms with van der Waals surface area (Å²) in [7, 11) is 0. The molecule has 1 aliphatic carbocycles. The minimum Gasteiger partial charge on any atom is -0.508 e. The van der Waals surface area contributed by atoms with Crippen molar-refractivity contribution in [2.24, 2.45) is 0 Å². The molecule has 1 saturated carbocycles. The van der Waals surface area contributed by atoms with Crippen molar-refractivity contribution in [3.05, 3.63) is 53.6 Å². The zero-order valence-electron chi connectivity index (χ0n) is 17.7. The monoisotopic (exact) mass is 388 g/mol. The number of unbranched alkanes of at least 4 members (excludes halogenated alkanes) is 3. The lowest BCUT2D eigenvalue weighted by atomic mass is 10.0. The van der Waals surface area contributed by atoms with Crippen LogP contribution >= 0.6 is 0 Å². The molecule has 29 heavy (non-hydrogen) atoms. The molecule has 4 rings (SSSR count). The highest BCUT2D eigenvalue weighted by Crippen LogP contribution is 2.38. The molecule has 3 heteroatoms. The van der Waals surface area contributed by atoms with Gasteiger partial charge in [0, 0.05) is 16.5 Å². The number of phenols is 1. The second kappa shape index (κ2) is 8.86. The number of fused-ring (bicyclic) bond motifs is 1. The molecule has 0 saturated heterocycles. The summed E-state index contributed by atoms with van der Waals surface area (Å²) >= 11 is 0. The molecule has 0 spiro atoms. The van der Waals surface area contributed by atoms with Crippen molar-refractivity contribution in [3.8, 4) is 17.0 Å². The first-order valence-electron chi connectivity index (χ1n) is 11.2. The van der Waals surface area contributed by atoms with E-state index in [1.807, 2.05) is 19.1 Å². The van der Waals surface area contributed by atoms with Crippen molar-refractivity contribution >= 4 is 17.0 Å². The van der Waals surface area contributed by atoms with E-state index in [1.165, 1.54) is 61.4 Å². The van der Waals surface area contributed by atoms with Gasteiger partial charge >= 0.3 is 0 Å². The van der Waals surface area contributed by atoms with Crippen LogP contribution in [0.4, 0.5) is 0 Å². The summed E-state index contributed by atoms with van der Waals surface area (Å²) in [5.74, 6) is 0.307. The van der Waals surface area contributed by atoms with Crippen molar-refractivity contribution in [2.45, 2.75) is 71.3 Å². The molecule has 0 unspecified atom stereocenters. The molecular formula is C26H32N2O. The number of nitrogens with zero attached hydrogens (tertiary/aromatic N) is 2. The highest BCUT2D eigenvalue weighted by molar-refractivity contribution is 5.98. The van der Waals surface area contributed by atoms with Crippen LogP contribution in [0.3, 0.4) is 0 Å². The van der Waals surface area contributed by atoms with Crippen molar-refractivity contribution in [1.29, 1.82) is 0 Å². The van der Waals surface area contributed by atoms with Crippen LogP contribution in [0.5, 0.6) is 5.75 Å².